The number of ether oxygens (including phenoxy) is 5. The number of esters is 4. The molecule has 0 aliphatic rings. The maximum atomic E-state index is 12.3. The van der Waals surface area contributed by atoms with Crippen molar-refractivity contribution in [2.75, 3.05) is 20.3 Å². The molecule has 9 heteroatoms. The second-order valence-corrected chi connectivity index (χ2v) is 9.75. The molecule has 0 saturated carbocycles. The van der Waals surface area contributed by atoms with Crippen molar-refractivity contribution in [2.24, 2.45) is 0 Å². The summed E-state index contributed by atoms with van der Waals surface area (Å²) in [6.45, 7) is 7.87. The Morgan fingerprint density at radius 1 is 0.689 bits per heavy atom. The summed E-state index contributed by atoms with van der Waals surface area (Å²) in [6.07, 6.45) is 7.51. The number of methoxy groups -OCH3 is 1. The Morgan fingerprint density at radius 3 is 1.87 bits per heavy atom. The van der Waals surface area contributed by atoms with E-state index in [-0.39, 0.29) is 12.0 Å². The summed E-state index contributed by atoms with van der Waals surface area (Å²) < 4.78 is 25.8. The van der Waals surface area contributed by atoms with Crippen LogP contribution in [0, 0.1) is 0 Å². The van der Waals surface area contributed by atoms with Crippen LogP contribution in [0.5, 0.6) is 17.2 Å². The molecule has 0 aliphatic carbocycles. The van der Waals surface area contributed by atoms with E-state index in [1.807, 2.05) is 24.3 Å². The van der Waals surface area contributed by atoms with E-state index in [0.717, 1.165) is 48.4 Å². The molecular weight excluding hydrogens is 576 g/mol. The van der Waals surface area contributed by atoms with Crippen LogP contribution in [0.15, 0.2) is 104 Å². The number of hydrogen-bond donors (Lipinski definition) is 0. The van der Waals surface area contributed by atoms with Gasteiger partial charge in [0.25, 0.3) is 0 Å². The highest BCUT2D eigenvalue weighted by molar-refractivity contribution is 5.94. The van der Waals surface area contributed by atoms with Gasteiger partial charge >= 0.3 is 23.9 Å². The molecule has 45 heavy (non-hydrogen) atoms. The molecule has 9 nitrogen and oxygen atoms in total. The van der Waals surface area contributed by atoms with Gasteiger partial charge in [-0.25, -0.2) is 14.4 Å². The maximum absolute atomic E-state index is 12.3. The zero-order valence-electron chi connectivity index (χ0n) is 25.2. The van der Waals surface area contributed by atoms with Crippen LogP contribution in [-0.4, -0.2) is 44.2 Å². The van der Waals surface area contributed by atoms with E-state index in [2.05, 4.69) is 17.9 Å². The number of carbonyl (C=O) groups excluding carboxylic acids is 4. The van der Waals surface area contributed by atoms with Crippen molar-refractivity contribution in [1.29, 1.82) is 0 Å². The number of carbonyl (C=O) groups is 4. The fourth-order valence-corrected chi connectivity index (χ4v) is 3.90. The third-order valence-corrected chi connectivity index (χ3v) is 6.36. The zero-order valence-corrected chi connectivity index (χ0v) is 25.2. The zero-order chi connectivity index (χ0) is 32.4. The number of rotatable bonds is 17. The van der Waals surface area contributed by atoms with Crippen molar-refractivity contribution in [3.05, 3.63) is 109 Å². The minimum absolute atomic E-state index is 0.00339. The molecule has 0 aliphatic heterocycles. The van der Waals surface area contributed by atoms with E-state index in [0.29, 0.717) is 30.5 Å². The van der Waals surface area contributed by atoms with Crippen LogP contribution in [0.1, 0.15) is 37.7 Å². The average Bonchev–Trinajstić information content (AvgIpc) is 3.06. The molecule has 0 spiro atoms. The molecule has 0 bridgehead atoms. The SMILES string of the molecule is C=CC(=O)OCCCCCCOc1ccc(OC(=O)/C=C/c2ccc(-c3ccc(OC(=O)C(=C)CC(=O)OC)cc3)cc2)cc1. The van der Waals surface area contributed by atoms with E-state index in [9.17, 15) is 19.2 Å². The van der Waals surface area contributed by atoms with E-state index < -0.39 is 23.9 Å². The van der Waals surface area contributed by atoms with Gasteiger partial charge in [-0.2, -0.15) is 0 Å². The molecule has 0 heterocycles. The molecular formula is C36H36O9. The maximum Gasteiger partial charge on any atom is 0.339 e. The first-order valence-electron chi connectivity index (χ1n) is 14.4. The Balaban J connectivity index is 1.39. The Kier molecular flexibility index (Phi) is 13.8. The Hall–Kier alpha value is -5.44. The molecule has 0 unspecified atom stereocenters. The van der Waals surface area contributed by atoms with Crippen LogP contribution in [-0.2, 0) is 28.7 Å². The smallest absolute Gasteiger partial charge is 0.339 e. The summed E-state index contributed by atoms with van der Waals surface area (Å²) in [5, 5.41) is 0. The van der Waals surface area contributed by atoms with Gasteiger partial charge in [-0.1, -0.05) is 49.6 Å². The van der Waals surface area contributed by atoms with Crippen molar-refractivity contribution in [1.82, 2.24) is 0 Å². The van der Waals surface area contributed by atoms with Crippen molar-refractivity contribution in [2.45, 2.75) is 32.1 Å². The first-order chi connectivity index (χ1) is 21.8. The van der Waals surface area contributed by atoms with Crippen molar-refractivity contribution in [3.63, 3.8) is 0 Å². The second kappa shape index (κ2) is 18.3. The van der Waals surface area contributed by atoms with E-state index >= 15 is 0 Å². The molecule has 0 fully saturated rings. The van der Waals surface area contributed by atoms with Gasteiger partial charge in [-0.05, 0) is 84.8 Å². The molecule has 0 atom stereocenters. The van der Waals surface area contributed by atoms with Gasteiger partial charge in [0.05, 0.1) is 26.7 Å². The van der Waals surface area contributed by atoms with Gasteiger partial charge in [-0.3, -0.25) is 4.79 Å². The number of benzene rings is 3. The fourth-order valence-electron chi connectivity index (χ4n) is 3.90. The van der Waals surface area contributed by atoms with Gasteiger partial charge in [-0.15, -0.1) is 0 Å². The number of unbranched alkanes of at least 4 members (excludes halogenated alkanes) is 3. The third kappa shape index (κ3) is 12.4. The van der Waals surface area contributed by atoms with Crippen molar-refractivity contribution in [3.8, 4) is 28.4 Å². The minimum atomic E-state index is -0.699. The quantitative estimate of drug-likeness (QED) is 0.0714. The predicted octanol–water partition coefficient (Wildman–Crippen LogP) is 6.67. The van der Waals surface area contributed by atoms with E-state index in [1.54, 1.807) is 54.6 Å². The summed E-state index contributed by atoms with van der Waals surface area (Å²) >= 11 is 0. The molecule has 234 valence electrons. The van der Waals surface area contributed by atoms with Crippen LogP contribution < -0.4 is 14.2 Å². The lowest BCUT2D eigenvalue weighted by Gasteiger charge is -2.08. The molecule has 0 amide bonds. The normalized spacial score (nSPS) is 10.5. The van der Waals surface area contributed by atoms with Gasteiger partial charge in [0.15, 0.2) is 0 Å². The van der Waals surface area contributed by atoms with E-state index in [4.69, 9.17) is 18.9 Å². The minimum Gasteiger partial charge on any atom is -0.494 e. The standard InChI is InChI=1S/C36H36O9/c1-4-33(37)43-24-8-6-5-7-23-42-30-18-20-31(21-19-30)44-34(38)22-11-27-9-12-28(13-10-27)29-14-16-32(17-15-29)45-36(40)26(2)25-35(39)41-3/h4,9-22H,1-2,5-8,23-25H2,3H3/b22-11+. The van der Waals surface area contributed by atoms with Crippen LogP contribution in [0.3, 0.4) is 0 Å². The summed E-state index contributed by atoms with van der Waals surface area (Å²) in [6, 6.07) is 21.3. The van der Waals surface area contributed by atoms with Gasteiger partial charge in [0.1, 0.15) is 17.2 Å². The lowest BCUT2D eigenvalue weighted by molar-refractivity contribution is -0.141. The lowest BCUT2D eigenvalue weighted by Crippen LogP contribution is -2.14. The molecule has 3 rings (SSSR count). The van der Waals surface area contributed by atoms with Crippen LogP contribution in [0.2, 0.25) is 0 Å². The third-order valence-electron chi connectivity index (χ3n) is 6.36. The molecule has 0 aromatic heterocycles. The van der Waals surface area contributed by atoms with Gasteiger partial charge < -0.3 is 23.7 Å². The highest BCUT2D eigenvalue weighted by Crippen LogP contribution is 2.24. The fraction of sp³-hybridized carbons (Fsp3) is 0.222. The van der Waals surface area contributed by atoms with Crippen LogP contribution >= 0.6 is 0 Å². The summed E-state index contributed by atoms with van der Waals surface area (Å²) in [4.78, 5) is 46.7. The highest BCUT2D eigenvalue weighted by atomic mass is 16.5. The van der Waals surface area contributed by atoms with Gasteiger partial charge in [0, 0.05) is 17.7 Å². The largest absolute Gasteiger partial charge is 0.494 e. The van der Waals surface area contributed by atoms with Crippen molar-refractivity contribution >= 4 is 30.0 Å². The molecule has 0 saturated heterocycles. The summed E-state index contributed by atoms with van der Waals surface area (Å²) in [5.74, 6) is -0.763. The lowest BCUT2D eigenvalue weighted by atomic mass is 10.0. The Morgan fingerprint density at radius 2 is 1.24 bits per heavy atom. The highest BCUT2D eigenvalue weighted by Gasteiger charge is 2.14. The van der Waals surface area contributed by atoms with Crippen LogP contribution in [0.4, 0.5) is 0 Å². The topological polar surface area (TPSA) is 114 Å². The monoisotopic (exact) mass is 612 g/mol. The number of hydrogen-bond acceptors (Lipinski definition) is 9. The predicted molar refractivity (Wildman–Crippen MR) is 170 cm³/mol. The first kappa shape index (κ1) is 34.1. The molecule has 3 aromatic carbocycles. The summed E-state index contributed by atoms with van der Waals surface area (Å²) in [5.41, 5.74) is 2.64. The van der Waals surface area contributed by atoms with Gasteiger partial charge in [0.2, 0.25) is 0 Å². The Labute approximate surface area is 262 Å². The second-order valence-electron chi connectivity index (χ2n) is 9.75. The molecule has 0 N–H and O–H groups in total. The van der Waals surface area contributed by atoms with Crippen LogP contribution in [0.25, 0.3) is 17.2 Å². The Bertz CT molecular complexity index is 1480. The van der Waals surface area contributed by atoms with E-state index in [1.165, 1.54) is 13.2 Å². The molecule has 0 radical (unpaired) electrons. The van der Waals surface area contributed by atoms with Crippen molar-refractivity contribution < 1.29 is 42.9 Å². The first-order valence-corrected chi connectivity index (χ1v) is 14.4. The summed E-state index contributed by atoms with van der Waals surface area (Å²) in [7, 11) is 1.23. The average molecular weight is 613 g/mol. The molecule has 3 aromatic rings.